The molecule has 7 heteroatoms. The van der Waals surface area contributed by atoms with Gasteiger partial charge >= 0.3 is 0 Å². The van der Waals surface area contributed by atoms with E-state index >= 15 is 0 Å². The van der Waals surface area contributed by atoms with Crippen LogP contribution in [0.1, 0.15) is 32.1 Å². The van der Waals surface area contributed by atoms with E-state index in [0.717, 1.165) is 12.8 Å². The first-order valence-electron chi connectivity index (χ1n) is 7.73. The molecule has 0 unspecified atom stereocenters. The summed E-state index contributed by atoms with van der Waals surface area (Å²) in [7, 11) is -3.54. The van der Waals surface area contributed by atoms with Crippen LogP contribution in [0.15, 0.2) is 29.2 Å². The second kappa shape index (κ2) is 5.96. The lowest BCUT2D eigenvalue weighted by Crippen LogP contribution is -2.44. The van der Waals surface area contributed by atoms with Crippen LogP contribution in [0, 0.1) is 22.0 Å². The van der Waals surface area contributed by atoms with Crippen molar-refractivity contribution in [1.82, 2.24) is 4.31 Å². The molecule has 2 aliphatic rings. The summed E-state index contributed by atoms with van der Waals surface area (Å²) < 4.78 is 27.0. The fourth-order valence-corrected chi connectivity index (χ4v) is 5.19. The van der Waals surface area contributed by atoms with Gasteiger partial charge in [0.15, 0.2) is 0 Å². The standard InChI is InChI=1S/C15H20N2O4S/c18-17(19)14-5-7-15(8-6-14)22(20,21)16-10-9-12-3-1-2-4-13(12)11-16/h5-8,12-13H,1-4,9-11H2/t12-,13-/m1/s1. The molecule has 0 radical (unpaired) electrons. The van der Waals surface area contributed by atoms with Crippen LogP contribution < -0.4 is 0 Å². The number of rotatable bonds is 3. The first-order chi connectivity index (χ1) is 10.5. The lowest BCUT2D eigenvalue weighted by atomic mass is 9.76. The second-order valence-electron chi connectivity index (χ2n) is 6.21. The minimum atomic E-state index is -3.54. The van der Waals surface area contributed by atoms with Gasteiger partial charge < -0.3 is 0 Å². The maximum absolute atomic E-state index is 12.7. The molecule has 0 spiro atoms. The molecule has 3 rings (SSSR count). The molecule has 1 saturated carbocycles. The number of hydrogen-bond acceptors (Lipinski definition) is 4. The maximum Gasteiger partial charge on any atom is 0.269 e. The summed E-state index contributed by atoms with van der Waals surface area (Å²) >= 11 is 0. The molecule has 22 heavy (non-hydrogen) atoms. The fourth-order valence-electron chi connectivity index (χ4n) is 3.67. The van der Waals surface area contributed by atoms with Crippen molar-refractivity contribution in [3.05, 3.63) is 34.4 Å². The lowest BCUT2D eigenvalue weighted by molar-refractivity contribution is -0.384. The SMILES string of the molecule is O=[N+]([O-])c1ccc(S(=O)(=O)N2CC[C@H]3CCCC[C@@H]3C2)cc1. The van der Waals surface area contributed by atoms with Crippen molar-refractivity contribution >= 4 is 15.7 Å². The van der Waals surface area contributed by atoms with Crippen molar-refractivity contribution in [3.63, 3.8) is 0 Å². The van der Waals surface area contributed by atoms with E-state index in [9.17, 15) is 18.5 Å². The Morgan fingerprint density at radius 2 is 1.68 bits per heavy atom. The summed E-state index contributed by atoms with van der Waals surface area (Å²) in [5, 5.41) is 10.7. The van der Waals surface area contributed by atoms with Gasteiger partial charge in [-0.05, 0) is 36.8 Å². The molecule has 0 aromatic heterocycles. The molecule has 1 aliphatic carbocycles. The molecule has 0 N–H and O–H groups in total. The first kappa shape index (κ1) is 15.4. The van der Waals surface area contributed by atoms with Crippen LogP contribution >= 0.6 is 0 Å². The average molecular weight is 324 g/mol. The third-order valence-corrected chi connectivity index (χ3v) is 6.82. The zero-order valence-corrected chi connectivity index (χ0v) is 13.2. The van der Waals surface area contributed by atoms with E-state index in [2.05, 4.69) is 0 Å². The van der Waals surface area contributed by atoms with Crippen LogP contribution in [0.25, 0.3) is 0 Å². The van der Waals surface area contributed by atoms with E-state index in [1.54, 1.807) is 4.31 Å². The lowest BCUT2D eigenvalue weighted by Gasteiger charge is -2.40. The number of nitro benzene ring substituents is 1. The Morgan fingerprint density at radius 1 is 1.05 bits per heavy atom. The third-order valence-electron chi connectivity index (χ3n) is 4.94. The van der Waals surface area contributed by atoms with E-state index < -0.39 is 14.9 Å². The van der Waals surface area contributed by atoms with Crippen LogP contribution in [-0.2, 0) is 10.0 Å². The molecule has 0 bridgehead atoms. The number of nitro groups is 1. The van der Waals surface area contributed by atoms with E-state index in [1.165, 1.54) is 43.5 Å². The molecule has 120 valence electrons. The van der Waals surface area contributed by atoms with E-state index in [0.29, 0.717) is 24.9 Å². The molecule has 2 atom stereocenters. The van der Waals surface area contributed by atoms with Crippen LogP contribution in [0.2, 0.25) is 0 Å². The van der Waals surface area contributed by atoms with Gasteiger partial charge in [-0.25, -0.2) is 8.42 Å². The summed E-state index contributed by atoms with van der Waals surface area (Å²) in [5.74, 6) is 1.13. The van der Waals surface area contributed by atoms with Crippen LogP contribution in [0.5, 0.6) is 0 Å². The molecule has 1 aromatic carbocycles. The highest BCUT2D eigenvalue weighted by Gasteiger charge is 2.36. The Kier molecular flexibility index (Phi) is 4.18. The fraction of sp³-hybridized carbons (Fsp3) is 0.600. The maximum atomic E-state index is 12.7. The summed E-state index contributed by atoms with van der Waals surface area (Å²) in [6.07, 6.45) is 5.70. The predicted molar refractivity (Wildman–Crippen MR) is 81.9 cm³/mol. The molecule has 1 heterocycles. The molecular formula is C15H20N2O4S. The number of non-ortho nitro benzene ring substituents is 1. The number of benzene rings is 1. The highest BCUT2D eigenvalue weighted by Crippen LogP contribution is 2.37. The zero-order chi connectivity index (χ0) is 15.7. The second-order valence-corrected chi connectivity index (χ2v) is 8.15. The average Bonchev–Trinajstić information content (AvgIpc) is 2.54. The van der Waals surface area contributed by atoms with Gasteiger partial charge in [0.1, 0.15) is 0 Å². The molecule has 1 aliphatic heterocycles. The molecule has 6 nitrogen and oxygen atoms in total. The van der Waals surface area contributed by atoms with Crippen molar-refractivity contribution < 1.29 is 13.3 Å². The first-order valence-corrected chi connectivity index (χ1v) is 9.17. The Bertz CT molecular complexity index is 657. The van der Waals surface area contributed by atoms with Crippen molar-refractivity contribution in [1.29, 1.82) is 0 Å². The number of hydrogen-bond donors (Lipinski definition) is 0. The minimum Gasteiger partial charge on any atom is -0.258 e. The quantitative estimate of drug-likeness (QED) is 0.632. The van der Waals surface area contributed by atoms with Gasteiger partial charge in [-0.2, -0.15) is 4.31 Å². The van der Waals surface area contributed by atoms with Gasteiger partial charge in [-0.15, -0.1) is 0 Å². The van der Waals surface area contributed by atoms with E-state index in [4.69, 9.17) is 0 Å². The smallest absolute Gasteiger partial charge is 0.258 e. The van der Waals surface area contributed by atoms with Crippen LogP contribution in [0.4, 0.5) is 5.69 Å². The number of nitrogens with zero attached hydrogens (tertiary/aromatic N) is 2. The Labute approximate surface area is 130 Å². The minimum absolute atomic E-state index is 0.0926. The number of fused-ring (bicyclic) bond motifs is 1. The topological polar surface area (TPSA) is 80.5 Å². The van der Waals surface area contributed by atoms with Crippen molar-refractivity contribution in [2.45, 2.75) is 37.0 Å². The summed E-state index contributed by atoms with van der Waals surface area (Å²) in [4.78, 5) is 10.3. The summed E-state index contributed by atoms with van der Waals surface area (Å²) in [6.45, 7) is 1.14. The molecule has 1 saturated heterocycles. The molecule has 2 fully saturated rings. The predicted octanol–water partition coefficient (Wildman–Crippen LogP) is 2.80. The van der Waals surface area contributed by atoms with E-state index in [1.807, 2.05) is 0 Å². The summed E-state index contributed by atoms with van der Waals surface area (Å²) in [6, 6.07) is 5.17. The highest BCUT2D eigenvalue weighted by atomic mass is 32.2. The highest BCUT2D eigenvalue weighted by molar-refractivity contribution is 7.89. The van der Waals surface area contributed by atoms with Gasteiger partial charge in [0.25, 0.3) is 5.69 Å². The number of sulfonamides is 1. The summed E-state index contributed by atoms with van der Waals surface area (Å²) in [5.41, 5.74) is -0.0926. The number of piperidine rings is 1. The van der Waals surface area contributed by atoms with Crippen molar-refractivity contribution in [2.24, 2.45) is 11.8 Å². The Balaban J connectivity index is 1.79. The van der Waals surface area contributed by atoms with Gasteiger partial charge in [0.2, 0.25) is 10.0 Å². The molecule has 1 aromatic rings. The van der Waals surface area contributed by atoms with Gasteiger partial charge in [0.05, 0.1) is 9.82 Å². The van der Waals surface area contributed by atoms with Crippen molar-refractivity contribution in [3.8, 4) is 0 Å². The normalized spacial score (nSPS) is 26.4. The largest absolute Gasteiger partial charge is 0.269 e. The monoisotopic (exact) mass is 324 g/mol. The van der Waals surface area contributed by atoms with Gasteiger partial charge in [-0.1, -0.05) is 19.3 Å². The van der Waals surface area contributed by atoms with Crippen molar-refractivity contribution in [2.75, 3.05) is 13.1 Å². The zero-order valence-electron chi connectivity index (χ0n) is 12.3. The molecule has 0 amide bonds. The van der Waals surface area contributed by atoms with Crippen LogP contribution in [0.3, 0.4) is 0 Å². The third kappa shape index (κ3) is 2.87. The Hall–Kier alpha value is -1.47. The van der Waals surface area contributed by atoms with Gasteiger partial charge in [-0.3, -0.25) is 10.1 Å². The Morgan fingerprint density at radius 3 is 2.32 bits per heavy atom. The molecular weight excluding hydrogens is 304 g/mol. The van der Waals surface area contributed by atoms with Gasteiger partial charge in [0, 0.05) is 25.2 Å². The van der Waals surface area contributed by atoms with E-state index in [-0.39, 0.29) is 10.6 Å². The van der Waals surface area contributed by atoms with Crippen LogP contribution in [-0.4, -0.2) is 30.7 Å².